The van der Waals surface area contributed by atoms with Gasteiger partial charge in [0.1, 0.15) is 0 Å². The van der Waals surface area contributed by atoms with E-state index < -0.39 is 0 Å². The van der Waals surface area contributed by atoms with Crippen LogP contribution in [0.5, 0.6) is 0 Å². The summed E-state index contributed by atoms with van der Waals surface area (Å²) in [5.74, 6) is 0. The molecule has 0 N–H and O–H groups in total. The van der Waals surface area contributed by atoms with E-state index in [0.717, 1.165) is 13.1 Å². The van der Waals surface area contributed by atoms with Crippen LogP contribution in [0.1, 0.15) is 0 Å². The van der Waals surface area contributed by atoms with Crippen molar-refractivity contribution in [2.75, 3.05) is 13.1 Å². The zero-order valence-electron chi connectivity index (χ0n) is 10.4. The van der Waals surface area contributed by atoms with Crippen molar-refractivity contribution in [1.29, 1.82) is 0 Å². The summed E-state index contributed by atoms with van der Waals surface area (Å²) in [5.41, 5.74) is 2.42. The van der Waals surface area contributed by atoms with Gasteiger partial charge in [-0.05, 0) is 0 Å². The van der Waals surface area contributed by atoms with E-state index in [9.17, 15) is 0 Å². The quantitative estimate of drug-likeness (QED) is 0.566. The second-order valence-corrected chi connectivity index (χ2v) is 7.46. The fourth-order valence-corrected chi connectivity index (χ4v) is 4.09. The molecule has 1 aromatic carbocycles. The van der Waals surface area contributed by atoms with E-state index in [4.69, 9.17) is 8.85 Å². The lowest BCUT2D eigenvalue weighted by atomic mass is 10.2. The van der Waals surface area contributed by atoms with Gasteiger partial charge in [0.25, 0.3) is 0 Å². The molecule has 0 saturated heterocycles. The molecule has 0 amide bonds. The SMILES string of the molecule is C1=[N+](c2ccc([N+]3=CO[SiH2]CC3)cc2)CC[SiH2]O1. The molecule has 0 atom stereocenters. The van der Waals surface area contributed by atoms with Gasteiger partial charge in [-0.25, -0.2) is 0 Å². The molecule has 0 unspecified atom stereocenters. The smallest absolute Gasteiger partial charge is 0.315 e. The average Bonchev–Trinajstić information content (AvgIpc) is 2.49. The number of hydrogen-bond donors (Lipinski definition) is 0. The van der Waals surface area contributed by atoms with Gasteiger partial charge < -0.3 is 8.85 Å². The lowest BCUT2D eigenvalue weighted by Gasteiger charge is -2.10. The van der Waals surface area contributed by atoms with Crippen LogP contribution < -0.4 is 0 Å². The Hall–Kier alpha value is -1.41. The predicted octanol–water partition coefficient (Wildman–Crippen LogP) is 0.0958. The lowest BCUT2D eigenvalue weighted by Crippen LogP contribution is -2.21. The molecule has 0 aromatic heterocycles. The first-order chi connectivity index (χ1) is 8.93. The third kappa shape index (κ3) is 2.54. The molecule has 0 fully saturated rings. The molecule has 4 nitrogen and oxygen atoms in total. The normalized spacial score (nSPS) is 22.0. The van der Waals surface area contributed by atoms with Crippen LogP contribution in [0, 0.1) is 0 Å². The Bertz CT molecular complexity index is 440. The summed E-state index contributed by atoms with van der Waals surface area (Å²) in [4.78, 5) is 0. The minimum absolute atomic E-state index is 0.275. The van der Waals surface area contributed by atoms with E-state index in [1.54, 1.807) is 0 Å². The number of rotatable bonds is 2. The molecule has 6 heteroatoms. The van der Waals surface area contributed by atoms with Gasteiger partial charge in [-0.1, -0.05) is 0 Å². The van der Waals surface area contributed by atoms with Crippen molar-refractivity contribution in [1.82, 2.24) is 0 Å². The molecule has 18 heavy (non-hydrogen) atoms. The second-order valence-electron chi connectivity index (χ2n) is 4.56. The van der Waals surface area contributed by atoms with Crippen LogP contribution in [0.15, 0.2) is 24.3 Å². The zero-order valence-corrected chi connectivity index (χ0v) is 13.2. The van der Waals surface area contributed by atoms with Crippen LogP contribution >= 0.6 is 0 Å². The van der Waals surface area contributed by atoms with Gasteiger partial charge in [-0.15, -0.1) is 0 Å². The van der Waals surface area contributed by atoms with Crippen molar-refractivity contribution in [2.24, 2.45) is 0 Å². The molecule has 0 aliphatic carbocycles. The molecule has 0 saturated carbocycles. The van der Waals surface area contributed by atoms with Crippen LogP contribution in [0.2, 0.25) is 12.1 Å². The van der Waals surface area contributed by atoms with Crippen LogP contribution in [-0.2, 0) is 8.85 Å². The van der Waals surface area contributed by atoms with Crippen LogP contribution in [0.4, 0.5) is 11.4 Å². The first-order valence-corrected chi connectivity index (χ1v) is 9.62. The first-order valence-electron chi connectivity index (χ1n) is 6.47. The van der Waals surface area contributed by atoms with Gasteiger partial charge in [-0.2, -0.15) is 9.15 Å². The lowest BCUT2D eigenvalue weighted by molar-refractivity contribution is -0.445. The van der Waals surface area contributed by atoms with E-state index in [2.05, 4.69) is 33.4 Å². The van der Waals surface area contributed by atoms with Gasteiger partial charge in [-0.3, -0.25) is 0 Å². The molecular weight excluding hydrogens is 260 g/mol. The van der Waals surface area contributed by atoms with E-state index in [1.165, 1.54) is 23.5 Å². The number of benzene rings is 1. The van der Waals surface area contributed by atoms with Crippen molar-refractivity contribution in [2.45, 2.75) is 12.1 Å². The van der Waals surface area contributed by atoms with Gasteiger partial charge in [0.05, 0.1) is 0 Å². The van der Waals surface area contributed by atoms with E-state index >= 15 is 0 Å². The zero-order chi connectivity index (χ0) is 12.2. The summed E-state index contributed by atoms with van der Waals surface area (Å²) in [5, 5.41) is 0. The fraction of sp³-hybridized carbons (Fsp3) is 0.333. The molecule has 2 heterocycles. The summed E-state index contributed by atoms with van der Waals surface area (Å²) in [6.07, 6.45) is 3.76. The van der Waals surface area contributed by atoms with E-state index in [0.29, 0.717) is 0 Å². The molecule has 0 spiro atoms. The maximum atomic E-state index is 5.49. The maximum absolute atomic E-state index is 5.49. The Kier molecular flexibility index (Phi) is 3.56. The molecule has 2 aliphatic rings. The Morgan fingerprint density at radius 1 is 0.778 bits per heavy atom. The number of nitrogens with zero attached hydrogens (tertiary/aromatic N) is 2. The molecule has 2 aliphatic heterocycles. The summed E-state index contributed by atoms with van der Waals surface area (Å²) < 4.78 is 15.4. The Morgan fingerprint density at radius 2 is 1.22 bits per heavy atom. The van der Waals surface area contributed by atoms with Crippen molar-refractivity contribution in [3.05, 3.63) is 24.3 Å². The monoisotopic (exact) mass is 278 g/mol. The Balaban J connectivity index is 1.80. The highest BCUT2D eigenvalue weighted by Gasteiger charge is 2.17. The average molecular weight is 278 g/mol. The second kappa shape index (κ2) is 5.49. The molecule has 0 radical (unpaired) electrons. The highest BCUT2D eigenvalue weighted by atomic mass is 28.2. The third-order valence-corrected chi connectivity index (χ3v) is 5.22. The van der Waals surface area contributed by atoms with Gasteiger partial charge in [0.15, 0.2) is 13.1 Å². The van der Waals surface area contributed by atoms with Crippen molar-refractivity contribution < 1.29 is 18.0 Å². The summed E-state index contributed by atoms with van der Waals surface area (Å²) in [6.45, 7) is 2.19. The first kappa shape index (κ1) is 11.7. The molecular formula is C12H18N2O2Si2+2. The Labute approximate surface area is 111 Å². The van der Waals surface area contributed by atoms with Crippen molar-refractivity contribution in [3.8, 4) is 0 Å². The fourth-order valence-electron chi connectivity index (χ4n) is 2.24. The standard InChI is InChI=1S/C12H18N2O2Si2/c1-2-12(14-6-8-18-16-10-14)4-3-11(1)13-5-7-17-15-9-13/h1-4,9-10H,5-8,17-18H2/q+2. The van der Waals surface area contributed by atoms with Gasteiger partial charge >= 0.3 is 12.8 Å². The highest BCUT2D eigenvalue weighted by Crippen LogP contribution is 2.19. The molecule has 3 rings (SSSR count). The minimum atomic E-state index is -0.275. The Morgan fingerprint density at radius 3 is 1.56 bits per heavy atom. The van der Waals surface area contributed by atoms with Crippen molar-refractivity contribution >= 4 is 43.7 Å². The maximum Gasteiger partial charge on any atom is 0.315 e. The number of hydrogen-bond acceptors (Lipinski definition) is 2. The molecule has 0 bridgehead atoms. The van der Waals surface area contributed by atoms with Crippen molar-refractivity contribution in [3.63, 3.8) is 0 Å². The van der Waals surface area contributed by atoms with Crippen LogP contribution in [-0.4, -0.2) is 54.6 Å². The largest absolute Gasteiger partial charge is 0.510 e. The predicted molar refractivity (Wildman–Crippen MR) is 77.0 cm³/mol. The molecule has 94 valence electrons. The third-order valence-electron chi connectivity index (χ3n) is 3.24. The minimum Gasteiger partial charge on any atom is -0.510 e. The van der Waals surface area contributed by atoms with Gasteiger partial charge in [0, 0.05) is 36.4 Å². The van der Waals surface area contributed by atoms with Gasteiger partial charge in [0.2, 0.25) is 30.9 Å². The van der Waals surface area contributed by atoms with Crippen LogP contribution in [0.3, 0.4) is 0 Å². The topological polar surface area (TPSA) is 24.5 Å². The molecule has 1 aromatic rings. The van der Waals surface area contributed by atoms with Crippen LogP contribution in [0.25, 0.3) is 0 Å². The summed E-state index contributed by atoms with van der Waals surface area (Å²) in [7, 11) is -0.550. The highest BCUT2D eigenvalue weighted by molar-refractivity contribution is 6.30. The summed E-state index contributed by atoms with van der Waals surface area (Å²) in [6, 6.07) is 11.1. The summed E-state index contributed by atoms with van der Waals surface area (Å²) >= 11 is 0. The van der Waals surface area contributed by atoms with E-state index in [1.807, 2.05) is 12.8 Å². The van der Waals surface area contributed by atoms with E-state index in [-0.39, 0.29) is 19.5 Å².